The van der Waals surface area contributed by atoms with Gasteiger partial charge in [0.05, 0.1) is 16.9 Å². The van der Waals surface area contributed by atoms with Crippen molar-refractivity contribution < 1.29 is 9.21 Å². The minimum absolute atomic E-state index is 0.188. The van der Waals surface area contributed by atoms with Gasteiger partial charge >= 0.3 is 0 Å². The predicted molar refractivity (Wildman–Crippen MR) is 96.3 cm³/mol. The maximum atomic E-state index is 13.0. The molecule has 0 spiro atoms. The molecule has 0 bridgehead atoms. The van der Waals surface area contributed by atoms with E-state index in [1.54, 1.807) is 31.4 Å². The Bertz CT molecular complexity index is 957. The number of thioether (sulfide) groups is 1. The van der Waals surface area contributed by atoms with Crippen molar-refractivity contribution in [2.24, 2.45) is 5.73 Å². The van der Waals surface area contributed by atoms with Gasteiger partial charge in [-0.25, -0.2) is 4.98 Å². The molecule has 0 fully saturated rings. The molecule has 1 amide bonds. The number of carbonyl (C=O) groups excluding carboxylic acids is 1. The molecule has 3 rings (SSSR count). The summed E-state index contributed by atoms with van der Waals surface area (Å²) >= 11 is 2.53. The van der Waals surface area contributed by atoms with Gasteiger partial charge in [0.25, 0.3) is 5.56 Å². The highest BCUT2D eigenvalue weighted by Crippen LogP contribution is 2.33. The summed E-state index contributed by atoms with van der Waals surface area (Å²) in [7, 11) is 0. The van der Waals surface area contributed by atoms with Gasteiger partial charge in [0.15, 0.2) is 5.16 Å². The Morgan fingerprint density at radius 2 is 2.42 bits per heavy atom. The van der Waals surface area contributed by atoms with Crippen molar-refractivity contribution in [1.29, 1.82) is 0 Å². The van der Waals surface area contributed by atoms with Crippen molar-refractivity contribution in [3.8, 4) is 11.3 Å². The van der Waals surface area contributed by atoms with E-state index in [2.05, 4.69) is 11.6 Å². The maximum absolute atomic E-state index is 13.0. The number of carbonyl (C=O) groups is 1. The predicted octanol–water partition coefficient (Wildman–Crippen LogP) is 2.87. The highest BCUT2D eigenvalue weighted by Gasteiger charge is 2.20. The molecule has 0 aliphatic rings. The third-order valence-electron chi connectivity index (χ3n) is 3.44. The number of fused-ring (bicyclic) bond motifs is 1. The van der Waals surface area contributed by atoms with E-state index in [0.717, 1.165) is 5.56 Å². The van der Waals surface area contributed by atoms with Gasteiger partial charge in [0, 0.05) is 17.5 Å². The Balaban J connectivity index is 2.21. The van der Waals surface area contributed by atoms with Gasteiger partial charge < -0.3 is 10.2 Å². The average molecular weight is 361 g/mol. The molecule has 0 saturated carbocycles. The normalized spacial score (nSPS) is 12.4. The lowest BCUT2D eigenvalue weighted by Crippen LogP contribution is -2.26. The van der Waals surface area contributed by atoms with Crippen LogP contribution in [0.3, 0.4) is 0 Å². The van der Waals surface area contributed by atoms with Gasteiger partial charge in [0.1, 0.15) is 10.6 Å². The summed E-state index contributed by atoms with van der Waals surface area (Å²) in [5, 5.41) is 2.32. The molecule has 24 heavy (non-hydrogen) atoms. The molecule has 0 aliphatic carbocycles. The number of primary amides is 1. The van der Waals surface area contributed by atoms with Crippen molar-refractivity contribution in [2.45, 2.75) is 23.9 Å². The summed E-state index contributed by atoms with van der Waals surface area (Å²) in [6, 6.07) is 3.57. The van der Waals surface area contributed by atoms with Crippen LogP contribution in [-0.4, -0.2) is 20.7 Å². The Morgan fingerprint density at radius 3 is 3.04 bits per heavy atom. The van der Waals surface area contributed by atoms with Gasteiger partial charge in [-0.05, 0) is 19.1 Å². The first-order valence-electron chi connectivity index (χ1n) is 7.15. The van der Waals surface area contributed by atoms with Crippen molar-refractivity contribution in [3.05, 3.63) is 46.8 Å². The topological polar surface area (TPSA) is 91.1 Å². The zero-order valence-electron chi connectivity index (χ0n) is 12.9. The van der Waals surface area contributed by atoms with E-state index in [4.69, 9.17) is 10.2 Å². The number of amides is 1. The number of aromatic nitrogens is 2. The second-order valence-electron chi connectivity index (χ2n) is 5.07. The Labute approximate surface area is 146 Å². The molecule has 0 radical (unpaired) electrons. The zero-order chi connectivity index (χ0) is 17.3. The molecule has 6 nitrogen and oxygen atoms in total. The molecular formula is C16H15N3O3S2. The number of hydrogen-bond acceptors (Lipinski definition) is 6. The van der Waals surface area contributed by atoms with Crippen LogP contribution in [0.4, 0.5) is 0 Å². The number of furan rings is 1. The van der Waals surface area contributed by atoms with Gasteiger partial charge in [-0.1, -0.05) is 17.8 Å². The molecule has 8 heteroatoms. The lowest BCUT2D eigenvalue weighted by atomic mass is 10.2. The van der Waals surface area contributed by atoms with E-state index in [1.807, 2.05) is 5.38 Å². The van der Waals surface area contributed by atoms with Gasteiger partial charge in [-0.15, -0.1) is 17.9 Å². The van der Waals surface area contributed by atoms with Crippen LogP contribution in [0.5, 0.6) is 0 Å². The van der Waals surface area contributed by atoms with E-state index in [9.17, 15) is 9.59 Å². The van der Waals surface area contributed by atoms with E-state index in [0.29, 0.717) is 27.7 Å². The number of nitrogens with zero attached hydrogens (tertiary/aromatic N) is 2. The summed E-state index contributed by atoms with van der Waals surface area (Å²) in [5.74, 6) is 0.165. The Hall–Kier alpha value is -2.32. The Morgan fingerprint density at radius 1 is 1.62 bits per heavy atom. The fraction of sp³-hybridized carbons (Fsp3) is 0.188. The highest BCUT2D eigenvalue weighted by molar-refractivity contribution is 8.00. The summed E-state index contributed by atoms with van der Waals surface area (Å²) in [4.78, 5) is 29.5. The van der Waals surface area contributed by atoms with Crippen molar-refractivity contribution >= 4 is 39.2 Å². The molecule has 3 heterocycles. The number of hydrogen-bond donors (Lipinski definition) is 1. The number of nitrogens with two attached hydrogens (primary N) is 1. The maximum Gasteiger partial charge on any atom is 0.263 e. The van der Waals surface area contributed by atoms with Crippen LogP contribution in [0.15, 0.2) is 50.8 Å². The summed E-state index contributed by atoms with van der Waals surface area (Å²) in [5.41, 5.74) is 5.85. The molecule has 0 aromatic carbocycles. The zero-order valence-corrected chi connectivity index (χ0v) is 14.5. The van der Waals surface area contributed by atoms with Crippen LogP contribution in [0.1, 0.15) is 6.92 Å². The molecule has 2 N–H and O–H groups in total. The molecule has 0 saturated heterocycles. The van der Waals surface area contributed by atoms with E-state index in [1.165, 1.54) is 27.7 Å². The van der Waals surface area contributed by atoms with E-state index < -0.39 is 11.2 Å². The minimum atomic E-state index is -0.491. The summed E-state index contributed by atoms with van der Waals surface area (Å²) in [6.45, 7) is 5.67. The van der Waals surface area contributed by atoms with Crippen molar-refractivity contribution in [1.82, 2.24) is 9.55 Å². The lowest BCUT2D eigenvalue weighted by Gasteiger charge is -2.12. The van der Waals surface area contributed by atoms with Gasteiger partial charge in [0.2, 0.25) is 5.91 Å². The molecule has 124 valence electrons. The van der Waals surface area contributed by atoms with Gasteiger partial charge in [-0.3, -0.25) is 14.2 Å². The lowest BCUT2D eigenvalue weighted by molar-refractivity contribution is -0.117. The fourth-order valence-electron chi connectivity index (χ4n) is 2.22. The second-order valence-corrected chi connectivity index (χ2v) is 7.23. The number of allylic oxidation sites excluding steroid dienone is 1. The molecule has 0 aliphatic heterocycles. The number of thiophene rings is 1. The van der Waals surface area contributed by atoms with Crippen LogP contribution >= 0.6 is 23.1 Å². The Kier molecular flexibility index (Phi) is 4.59. The quantitative estimate of drug-likeness (QED) is 0.414. The minimum Gasteiger partial charge on any atom is -0.464 e. The molecular weight excluding hydrogens is 346 g/mol. The van der Waals surface area contributed by atoms with Crippen LogP contribution in [0.2, 0.25) is 0 Å². The van der Waals surface area contributed by atoms with Crippen LogP contribution in [0, 0.1) is 0 Å². The number of rotatable bonds is 6. The van der Waals surface area contributed by atoms with E-state index in [-0.39, 0.29) is 5.56 Å². The van der Waals surface area contributed by atoms with Crippen molar-refractivity contribution in [2.75, 3.05) is 0 Å². The molecule has 1 atom stereocenters. The molecule has 1 unspecified atom stereocenters. The first-order chi connectivity index (χ1) is 11.5. The first-order valence-corrected chi connectivity index (χ1v) is 8.91. The SMILES string of the molecule is C=CCn1c(SC(C)C(N)=O)nc2scc(-c3ccco3)c2c1=O. The van der Waals surface area contributed by atoms with Crippen molar-refractivity contribution in [3.63, 3.8) is 0 Å². The average Bonchev–Trinajstić information content (AvgIpc) is 3.19. The second kappa shape index (κ2) is 6.66. The fourth-order valence-corrected chi connectivity index (χ4v) is 4.05. The monoisotopic (exact) mass is 361 g/mol. The van der Waals surface area contributed by atoms with Crippen LogP contribution in [0.25, 0.3) is 21.5 Å². The third-order valence-corrected chi connectivity index (χ3v) is 5.42. The first kappa shape index (κ1) is 16.5. The molecule has 3 aromatic rings. The third kappa shape index (κ3) is 2.90. The smallest absolute Gasteiger partial charge is 0.263 e. The summed E-state index contributed by atoms with van der Waals surface area (Å²) in [6.07, 6.45) is 3.18. The summed E-state index contributed by atoms with van der Waals surface area (Å²) < 4.78 is 6.91. The highest BCUT2D eigenvalue weighted by atomic mass is 32.2. The van der Waals surface area contributed by atoms with Crippen LogP contribution < -0.4 is 11.3 Å². The van der Waals surface area contributed by atoms with Crippen LogP contribution in [-0.2, 0) is 11.3 Å². The molecule has 3 aromatic heterocycles. The van der Waals surface area contributed by atoms with E-state index >= 15 is 0 Å². The standard InChI is InChI=1S/C16H15N3O3S2/c1-3-6-19-15(21)12-10(11-5-4-7-22-11)8-23-14(12)18-16(19)24-9(2)13(17)20/h3-5,7-9H,1,6H2,2H3,(H2,17,20). The largest absolute Gasteiger partial charge is 0.464 e. The van der Waals surface area contributed by atoms with Gasteiger partial charge in [-0.2, -0.15) is 0 Å².